The highest BCUT2D eigenvalue weighted by Crippen LogP contribution is 2.24. The van der Waals surface area contributed by atoms with Gasteiger partial charge in [-0.15, -0.1) is 0 Å². The van der Waals surface area contributed by atoms with E-state index in [9.17, 15) is 9.59 Å². The fraction of sp³-hybridized carbons (Fsp3) is 0.111. The SMILES string of the molecule is CCc1cc(=O)oc2cc(OC(=O)c3ccccc3Br)ccc12. The van der Waals surface area contributed by atoms with Crippen LogP contribution in [0.25, 0.3) is 11.0 Å². The van der Waals surface area contributed by atoms with Crippen molar-refractivity contribution in [3.8, 4) is 5.75 Å². The van der Waals surface area contributed by atoms with Gasteiger partial charge in [0.15, 0.2) is 0 Å². The maximum absolute atomic E-state index is 12.2. The Labute approximate surface area is 140 Å². The monoisotopic (exact) mass is 372 g/mol. The van der Waals surface area contributed by atoms with Crippen LogP contribution in [0, 0.1) is 0 Å². The Morgan fingerprint density at radius 2 is 1.96 bits per heavy atom. The lowest BCUT2D eigenvalue weighted by Gasteiger charge is -2.07. The summed E-state index contributed by atoms with van der Waals surface area (Å²) in [6.45, 7) is 1.97. The van der Waals surface area contributed by atoms with E-state index in [0.717, 1.165) is 17.4 Å². The van der Waals surface area contributed by atoms with Crippen LogP contribution in [0.1, 0.15) is 22.8 Å². The van der Waals surface area contributed by atoms with E-state index in [4.69, 9.17) is 9.15 Å². The van der Waals surface area contributed by atoms with Crippen LogP contribution in [0.2, 0.25) is 0 Å². The molecule has 3 aromatic rings. The maximum Gasteiger partial charge on any atom is 0.344 e. The normalized spacial score (nSPS) is 10.7. The second kappa shape index (κ2) is 6.38. The Kier molecular flexibility index (Phi) is 4.30. The van der Waals surface area contributed by atoms with E-state index in [1.165, 1.54) is 6.07 Å². The van der Waals surface area contributed by atoms with Gasteiger partial charge in [0.05, 0.1) is 5.56 Å². The number of hydrogen-bond donors (Lipinski definition) is 0. The number of carbonyl (C=O) groups is 1. The summed E-state index contributed by atoms with van der Waals surface area (Å²) < 4.78 is 11.2. The van der Waals surface area contributed by atoms with E-state index in [1.807, 2.05) is 13.0 Å². The van der Waals surface area contributed by atoms with E-state index in [1.54, 1.807) is 36.4 Å². The lowest BCUT2D eigenvalue weighted by Crippen LogP contribution is -2.09. The van der Waals surface area contributed by atoms with Gasteiger partial charge in [-0.05, 0) is 52.2 Å². The minimum Gasteiger partial charge on any atom is -0.423 e. The molecule has 0 amide bonds. The summed E-state index contributed by atoms with van der Waals surface area (Å²) in [5.41, 5.74) is 1.33. The number of esters is 1. The molecule has 0 fully saturated rings. The minimum atomic E-state index is -0.481. The number of ether oxygens (including phenoxy) is 1. The van der Waals surface area contributed by atoms with Crippen molar-refractivity contribution in [2.75, 3.05) is 0 Å². The molecular formula is C18H13BrO4. The van der Waals surface area contributed by atoms with Crippen molar-refractivity contribution in [3.05, 3.63) is 74.6 Å². The smallest absolute Gasteiger partial charge is 0.344 e. The topological polar surface area (TPSA) is 56.5 Å². The number of aryl methyl sites for hydroxylation is 1. The van der Waals surface area contributed by atoms with Gasteiger partial charge < -0.3 is 9.15 Å². The molecule has 116 valence electrons. The van der Waals surface area contributed by atoms with Crippen LogP contribution < -0.4 is 10.4 Å². The molecule has 0 saturated carbocycles. The molecule has 1 aromatic heterocycles. The first kappa shape index (κ1) is 15.5. The molecule has 0 saturated heterocycles. The molecule has 0 atom stereocenters. The van der Waals surface area contributed by atoms with Crippen LogP contribution in [-0.4, -0.2) is 5.97 Å². The minimum absolute atomic E-state index is 0.328. The van der Waals surface area contributed by atoms with Crippen molar-refractivity contribution in [2.24, 2.45) is 0 Å². The summed E-state index contributed by atoms with van der Waals surface area (Å²) >= 11 is 3.32. The summed E-state index contributed by atoms with van der Waals surface area (Å²) in [5, 5.41) is 0.841. The standard InChI is InChI=1S/C18H13BrO4/c1-2-11-9-17(20)23-16-10-12(7-8-13(11)16)22-18(21)14-5-3-4-6-15(14)19/h3-10H,2H2,1H3. The van der Waals surface area contributed by atoms with Crippen LogP contribution in [0.3, 0.4) is 0 Å². The largest absolute Gasteiger partial charge is 0.423 e. The molecule has 3 rings (SSSR count). The Bertz CT molecular complexity index is 943. The van der Waals surface area contributed by atoms with Crippen LogP contribution in [0.4, 0.5) is 0 Å². The highest BCUT2D eigenvalue weighted by atomic mass is 79.9. The van der Waals surface area contributed by atoms with E-state index < -0.39 is 11.6 Å². The van der Waals surface area contributed by atoms with E-state index in [0.29, 0.717) is 21.4 Å². The third-order valence-corrected chi connectivity index (χ3v) is 4.18. The third-order valence-electron chi connectivity index (χ3n) is 3.49. The van der Waals surface area contributed by atoms with Crippen LogP contribution >= 0.6 is 15.9 Å². The van der Waals surface area contributed by atoms with E-state index in [2.05, 4.69) is 15.9 Å². The molecule has 5 heteroatoms. The molecule has 0 unspecified atom stereocenters. The zero-order chi connectivity index (χ0) is 16.4. The van der Waals surface area contributed by atoms with Gasteiger partial charge in [-0.25, -0.2) is 9.59 Å². The zero-order valence-corrected chi connectivity index (χ0v) is 13.9. The third kappa shape index (κ3) is 3.19. The second-order valence-electron chi connectivity index (χ2n) is 4.97. The van der Waals surface area contributed by atoms with E-state index in [-0.39, 0.29) is 0 Å². The molecule has 0 aliphatic carbocycles. The Balaban J connectivity index is 1.97. The van der Waals surface area contributed by atoms with E-state index >= 15 is 0 Å². The van der Waals surface area contributed by atoms with Crippen LogP contribution in [0.5, 0.6) is 5.75 Å². The van der Waals surface area contributed by atoms with Crippen molar-refractivity contribution < 1.29 is 13.9 Å². The molecule has 0 aliphatic heterocycles. The van der Waals surface area contributed by atoms with Crippen molar-refractivity contribution in [1.29, 1.82) is 0 Å². The fourth-order valence-corrected chi connectivity index (χ4v) is 2.80. The molecule has 0 N–H and O–H groups in total. The van der Waals surface area contributed by atoms with Gasteiger partial charge in [0.1, 0.15) is 11.3 Å². The molecule has 0 bridgehead atoms. The predicted molar refractivity (Wildman–Crippen MR) is 91.0 cm³/mol. The van der Waals surface area contributed by atoms with Crippen molar-refractivity contribution >= 4 is 32.9 Å². The molecular weight excluding hydrogens is 360 g/mol. The highest BCUT2D eigenvalue weighted by Gasteiger charge is 2.13. The Morgan fingerprint density at radius 3 is 2.70 bits per heavy atom. The molecule has 0 aliphatic rings. The number of halogens is 1. The van der Waals surface area contributed by atoms with Crippen molar-refractivity contribution in [3.63, 3.8) is 0 Å². The molecule has 2 aromatic carbocycles. The fourth-order valence-electron chi connectivity index (χ4n) is 2.36. The lowest BCUT2D eigenvalue weighted by atomic mass is 10.1. The number of rotatable bonds is 3. The second-order valence-corrected chi connectivity index (χ2v) is 5.83. The molecule has 4 nitrogen and oxygen atoms in total. The number of fused-ring (bicyclic) bond motifs is 1. The van der Waals surface area contributed by atoms with Gasteiger partial charge in [-0.3, -0.25) is 0 Å². The Hall–Kier alpha value is -2.40. The maximum atomic E-state index is 12.2. The predicted octanol–water partition coefficient (Wildman–Crippen LogP) is 4.34. The quantitative estimate of drug-likeness (QED) is 0.389. The Morgan fingerprint density at radius 1 is 1.17 bits per heavy atom. The number of carbonyl (C=O) groups excluding carboxylic acids is 1. The van der Waals surface area contributed by atoms with Crippen LogP contribution in [0.15, 0.2) is 62.2 Å². The summed E-state index contributed by atoms with van der Waals surface area (Å²) in [7, 11) is 0. The van der Waals surface area contributed by atoms with Gasteiger partial charge >= 0.3 is 11.6 Å². The summed E-state index contributed by atoms with van der Waals surface area (Å²) in [5.74, 6) is -0.152. The molecule has 23 heavy (non-hydrogen) atoms. The van der Waals surface area contributed by atoms with Gasteiger partial charge in [0, 0.05) is 22.0 Å². The first-order valence-electron chi connectivity index (χ1n) is 7.12. The summed E-state index contributed by atoms with van der Waals surface area (Å²) in [4.78, 5) is 23.8. The number of benzene rings is 2. The first-order valence-corrected chi connectivity index (χ1v) is 7.91. The van der Waals surface area contributed by atoms with Gasteiger partial charge in [-0.1, -0.05) is 19.1 Å². The first-order chi connectivity index (χ1) is 11.1. The van der Waals surface area contributed by atoms with Crippen LogP contribution in [-0.2, 0) is 6.42 Å². The zero-order valence-electron chi connectivity index (χ0n) is 12.3. The molecule has 0 spiro atoms. The molecule has 1 heterocycles. The number of hydrogen-bond acceptors (Lipinski definition) is 4. The lowest BCUT2D eigenvalue weighted by molar-refractivity contribution is 0.0734. The average molecular weight is 373 g/mol. The summed E-state index contributed by atoms with van der Waals surface area (Å²) in [6.07, 6.45) is 0.720. The van der Waals surface area contributed by atoms with Gasteiger partial charge in [-0.2, -0.15) is 0 Å². The highest BCUT2D eigenvalue weighted by molar-refractivity contribution is 9.10. The average Bonchev–Trinajstić information content (AvgIpc) is 2.54. The van der Waals surface area contributed by atoms with Gasteiger partial charge in [0.25, 0.3) is 0 Å². The van der Waals surface area contributed by atoms with Crippen molar-refractivity contribution in [2.45, 2.75) is 13.3 Å². The summed E-state index contributed by atoms with van der Waals surface area (Å²) in [6, 6.07) is 13.5. The van der Waals surface area contributed by atoms with Gasteiger partial charge in [0.2, 0.25) is 0 Å². The van der Waals surface area contributed by atoms with Crippen molar-refractivity contribution in [1.82, 2.24) is 0 Å². The molecule has 0 radical (unpaired) electrons.